The molecule has 12 heteroatoms. The molecule has 0 spiro atoms. The Labute approximate surface area is 208 Å². The van der Waals surface area contributed by atoms with Crippen molar-refractivity contribution in [2.75, 3.05) is 0 Å². The highest BCUT2D eigenvalue weighted by molar-refractivity contribution is 5.94. The number of primary amides is 1. The molecule has 36 heavy (non-hydrogen) atoms. The van der Waals surface area contributed by atoms with Crippen LogP contribution in [0.15, 0.2) is 30.5 Å². The Morgan fingerprint density at radius 3 is 2.17 bits per heavy atom. The second-order valence-electron chi connectivity index (χ2n) is 9.05. The minimum atomic E-state index is -1.30. The van der Waals surface area contributed by atoms with Crippen molar-refractivity contribution >= 4 is 40.5 Å². The Hall–Kier alpha value is -3.93. The third-order valence-corrected chi connectivity index (χ3v) is 5.69. The quantitative estimate of drug-likeness (QED) is 0.191. The summed E-state index contributed by atoms with van der Waals surface area (Å²) in [5.74, 6) is -4.32. The molecule has 0 radical (unpaired) electrons. The van der Waals surface area contributed by atoms with Crippen LogP contribution in [-0.4, -0.2) is 63.9 Å². The van der Waals surface area contributed by atoms with Crippen LogP contribution in [0.2, 0.25) is 0 Å². The van der Waals surface area contributed by atoms with E-state index < -0.39 is 53.8 Å². The Morgan fingerprint density at radius 1 is 0.944 bits per heavy atom. The first-order valence-corrected chi connectivity index (χ1v) is 11.6. The van der Waals surface area contributed by atoms with Gasteiger partial charge in [-0.2, -0.15) is 0 Å². The number of nitrogens with one attached hydrogen (secondary N) is 4. The molecule has 0 aliphatic rings. The summed E-state index contributed by atoms with van der Waals surface area (Å²) in [5.41, 5.74) is 12.3. The zero-order chi connectivity index (χ0) is 27.0. The van der Waals surface area contributed by atoms with Gasteiger partial charge in [0.2, 0.25) is 23.6 Å². The van der Waals surface area contributed by atoms with E-state index in [0.717, 1.165) is 10.9 Å². The number of aromatic amines is 1. The third kappa shape index (κ3) is 7.80. The number of aromatic nitrogens is 1. The SMILES string of the molecule is CC(N)C(=O)NC(C(=O)NC(CCC(N)=O)C(=O)NC(Cc1c[nH]c2ccccc12)C(=O)O)C(C)C. The number of aliphatic carboxylic acids is 1. The lowest BCUT2D eigenvalue weighted by Crippen LogP contribution is -2.58. The molecule has 4 unspecified atom stereocenters. The number of fused-ring (bicyclic) bond motifs is 1. The highest BCUT2D eigenvalue weighted by atomic mass is 16.4. The molecule has 4 amide bonds. The number of amides is 4. The standard InChI is InChI=1S/C24H34N6O6/c1-12(2)20(30-21(32)13(3)25)23(34)28-17(8-9-19(26)31)22(33)29-18(24(35)36)10-14-11-27-16-7-5-4-6-15(14)16/h4-7,11-13,17-18,20,27H,8-10,25H2,1-3H3,(H2,26,31)(H,28,34)(H,29,33)(H,30,32)(H,35,36). The molecule has 0 saturated carbocycles. The van der Waals surface area contributed by atoms with Gasteiger partial charge in [-0.05, 0) is 30.9 Å². The van der Waals surface area contributed by atoms with E-state index in [-0.39, 0.29) is 25.2 Å². The molecule has 2 aromatic rings. The molecule has 0 saturated heterocycles. The molecule has 0 aliphatic heterocycles. The van der Waals surface area contributed by atoms with E-state index in [9.17, 15) is 29.1 Å². The summed E-state index contributed by atoms with van der Waals surface area (Å²) in [6.07, 6.45) is 1.28. The van der Waals surface area contributed by atoms with Crippen molar-refractivity contribution in [3.05, 3.63) is 36.0 Å². The molecule has 1 aromatic carbocycles. The highest BCUT2D eigenvalue weighted by Crippen LogP contribution is 2.19. The molecular formula is C24H34N6O6. The predicted molar refractivity (Wildman–Crippen MR) is 132 cm³/mol. The van der Waals surface area contributed by atoms with Crippen LogP contribution in [0.1, 0.15) is 39.2 Å². The second-order valence-corrected chi connectivity index (χ2v) is 9.05. The van der Waals surface area contributed by atoms with Gasteiger partial charge in [-0.3, -0.25) is 19.2 Å². The van der Waals surface area contributed by atoms with Crippen LogP contribution >= 0.6 is 0 Å². The number of carbonyl (C=O) groups excluding carboxylic acids is 4. The van der Waals surface area contributed by atoms with Gasteiger partial charge in [-0.25, -0.2) is 4.79 Å². The van der Waals surface area contributed by atoms with Crippen LogP contribution in [0.5, 0.6) is 0 Å². The average molecular weight is 503 g/mol. The van der Waals surface area contributed by atoms with Crippen molar-refractivity contribution in [2.24, 2.45) is 17.4 Å². The first kappa shape index (κ1) is 28.3. The van der Waals surface area contributed by atoms with E-state index in [1.165, 1.54) is 6.92 Å². The van der Waals surface area contributed by atoms with Crippen LogP contribution in [0, 0.1) is 5.92 Å². The minimum Gasteiger partial charge on any atom is -0.480 e. The number of nitrogens with two attached hydrogens (primary N) is 2. The van der Waals surface area contributed by atoms with Crippen LogP contribution in [-0.2, 0) is 30.4 Å². The maximum absolute atomic E-state index is 13.1. The molecule has 1 heterocycles. The van der Waals surface area contributed by atoms with E-state index in [1.807, 2.05) is 24.3 Å². The smallest absolute Gasteiger partial charge is 0.326 e. The van der Waals surface area contributed by atoms with Crippen molar-refractivity contribution in [1.82, 2.24) is 20.9 Å². The molecular weight excluding hydrogens is 468 g/mol. The predicted octanol–water partition coefficient (Wildman–Crippen LogP) is -0.482. The summed E-state index contributed by atoms with van der Waals surface area (Å²) < 4.78 is 0. The lowest BCUT2D eigenvalue weighted by atomic mass is 10.0. The van der Waals surface area contributed by atoms with E-state index in [4.69, 9.17) is 11.5 Å². The summed E-state index contributed by atoms with van der Waals surface area (Å²) in [6.45, 7) is 4.87. The number of carboxylic acids is 1. The Morgan fingerprint density at radius 2 is 1.58 bits per heavy atom. The van der Waals surface area contributed by atoms with Gasteiger partial charge in [0.15, 0.2) is 0 Å². The largest absolute Gasteiger partial charge is 0.480 e. The summed E-state index contributed by atoms with van der Waals surface area (Å²) >= 11 is 0. The number of carbonyl (C=O) groups is 5. The van der Waals surface area contributed by atoms with Gasteiger partial charge in [-0.1, -0.05) is 32.0 Å². The number of para-hydroxylation sites is 1. The molecule has 0 aliphatic carbocycles. The third-order valence-electron chi connectivity index (χ3n) is 5.69. The Balaban J connectivity index is 2.20. The first-order valence-electron chi connectivity index (χ1n) is 11.6. The van der Waals surface area contributed by atoms with Crippen LogP contribution in [0.25, 0.3) is 10.9 Å². The average Bonchev–Trinajstić information content (AvgIpc) is 3.21. The van der Waals surface area contributed by atoms with Gasteiger partial charge in [0, 0.05) is 29.9 Å². The first-order chi connectivity index (χ1) is 16.9. The normalized spacial score (nSPS) is 14.5. The number of carboxylic acid groups (broad SMARTS) is 1. The van der Waals surface area contributed by atoms with Gasteiger partial charge in [0.1, 0.15) is 18.1 Å². The lowest BCUT2D eigenvalue weighted by molar-refractivity contribution is -0.142. The summed E-state index contributed by atoms with van der Waals surface area (Å²) in [5, 5.41) is 18.1. The molecule has 12 nitrogen and oxygen atoms in total. The molecule has 9 N–H and O–H groups in total. The van der Waals surface area contributed by atoms with Crippen molar-refractivity contribution < 1.29 is 29.1 Å². The van der Waals surface area contributed by atoms with E-state index in [1.54, 1.807) is 20.0 Å². The fourth-order valence-corrected chi connectivity index (χ4v) is 3.63. The number of benzene rings is 1. The molecule has 0 fully saturated rings. The van der Waals surface area contributed by atoms with Crippen LogP contribution in [0.4, 0.5) is 0 Å². The fourth-order valence-electron chi connectivity index (χ4n) is 3.63. The van der Waals surface area contributed by atoms with Crippen molar-refractivity contribution in [2.45, 2.75) is 64.2 Å². The maximum atomic E-state index is 13.1. The van der Waals surface area contributed by atoms with Gasteiger partial charge in [0.05, 0.1) is 6.04 Å². The Kier molecular flexibility index (Phi) is 9.97. The monoisotopic (exact) mass is 502 g/mol. The molecule has 196 valence electrons. The van der Waals surface area contributed by atoms with Crippen molar-refractivity contribution in [3.8, 4) is 0 Å². The Bertz CT molecular complexity index is 1110. The van der Waals surface area contributed by atoms with E-state index in [2.05, 4.69) is 20.9 Å². The van der Waals surface area contributed by atoms with Crippen LogP contribution < -0.4 is 27.4 Å². The van der Waals surface area contributed by atoms with E-state index in [0.29, 0.717) is 5.56 Å². The highest BCUT2D eigenvalue weighted by Gasteiger charge is 2.31. The van der Waals surface area contributed by atoms with Crippen molar-refractivity contribution in [1.29, 1.82) is 0 Å². The summed E-state index contributed by atoms with van der Waals surface area (Å²) in [4.78, 5) is 64.4. The molecule has 1 aromatic heterocycles. The minimum absolute atomic E-state index is 0.0133. The summed E-state index contributed by atoms with van der Waals surface area (Å²) in [7, 11) is 0. The summed E-state index contributed by atoms with van der Waals surface area (Å²) in [6, 6.07) is 2.91. The van der Waals surface area contributed by atoms with Crippen LogP contribution in [0.3, 0.4) is 0 Å². The van der Waals surface area contributed by atoms with Gasteiger partial charge < -0.3 is 37.5 Å². The number of hydrogen-bond donors (Lipinski definition) is 7. The fraction of sp³-hybridized carbons (Fsp3) is 0.458. The van der Waals surface area contributed by atoms with Gasteiger partial charge in [-0.15, -0.1) is 0 Å². The molecule has 0 bridgehead atoms. The van der Waals surface area contributed by atoms with Crippen molar-refractivity contribution in [3.63, 3.8) is 0 Å². The second kappa shape index (κ2) is 12.7. The zero-order valence-corrected chi connectivity index (χ0v) is 20.5. The topological polar surface area (TPSA) is 209 Å². The number of rotatable bonds is 13. The maximum Gasteiger partial charge on any atom is 0.326 e. The number of H-pyrrole nitrogens is 1. The molecule has 2 rings (SSSR count). The zero-order valence-electron chi connectivity index (χ0n) is 20.5. The molecule has 4 atom stereocenters. The van der Waals surface area contributed by atoms with Gasteiger partial charge >= 0.3 is 5.97 Å². The van der Waals surface area contributed by atoms with E-state index >= 15 is 0 Å². The number of hydrogen-bond acceptors (Lipinski definition) is 6. The van der Waals surface area contributed by atoms with Gasteiger partial charge in [0.25, 0.3) is 0 Å². The lowest BCUT2D eigenvalue weighted by Gasteiger charge is -2.26.